The SMILES string of the molecule is CC1CCC/C(=C\NCc2ccccc2)C1=O. The summed E-state index contributed by atoms with van der Waals surface area (Å²) in [7, 11) is 0. The molecule has 1 atom stereocenters. The molecule has 1 aliphatic carbocycles. The number of carbonyl (C=O) groups excluding carboxylic acids is 1. The van der Waals surface area contributed by atoms with Crippen molar-refractivity contribution in [2.45, 2.75) is 32.7 Å². The topological polar surface area (TPSA) is 29.1 Å². The molecule has 1 fully saturated rings. The predicted molar refractivity (Wildman–Crippen MR) is 69.4 cm³/mol. The second kappa shape index (κ2) is 5.67. The van der Waals surface area contributed by atoms with Gasteiger partial charge in [-0.2, -0.15) is 0 Å². The van der Waals surface area contributed by atoms with Gasteiger partial charge in [-0.1, -0.05) is 37.3 Å². The van der Waals surface area contributed by atoms with Crippen molar-refractivity contribution in [2.75, 3.05) is 0 Å². The lowest BCUT2D eigenvalue weighted by molar-refractivity contribution is -0.119. The van der Waals surface area contributed by atoms with E-state index in [1.807, 2.05) is 31.3 Å². The van der Waals surface area contributed by atoms with Crippen LogP contribution >= 0.6 is 0 Å². The van der Waals surface area contributed by atoms with Gasteiger partial charge in [0.2, 0.25) is 0 Å². The average molecular weight is 229 g/mol. The number of benzene rings is 1. The van der Waals surface area contributed by atoms with Gasteiger partial charge in [-0.05, 0) is 24.8 Å². The van der Waals surface area contributed by atoms with Crippen molar-refractivity contribution >= 4 is 5.78 Å². The summed E-state index contributed by atoms with van der Waals surface area (Å²) >= 11 is 0. The third-order valence-corrected chi connectivity index (χ3v) is 3.27. The first-order valence-corrected chi connectivity index (χ1v) is 6.28. The highest BCUT2D eigenvalue weighted by atomic mass is 16.1. The largest absolute Gasteiger partial charge is 0.386 e. The fourth-order valence-electron chi connectivity index (χ4n) is 2.20. The Kier molecular flexibility index (Phi) is 3.97. The minimum Gasteiger partial charge on any atom is -0.386 e. The zero-order chi connectivity index (χ0) is 12.1. The molecule has 0 bridgehead atoms. The fourth-order valence-corrected chi connectivity index (χ4v) is 2.20. The summed E-state index contributed by atoms with van der Waals surface area (Å²) in [5.74, 6) is 0.519. The average Bonchev–Trinajstić information content (AvgIpc) is 2.36. The molecule has 1 aromatic carbocycles. The smallest absolute Gasteiger partial charge is 0.163 e. The Morgan fingerprint density at radius 1 is 1.35 bits per heavy atom. The van der Waals surface area contributed by atoms with E-state index in [0.29, 0.717) is 5.78 Å². The molecule has 0 amide bonds. The van der Waals surface area contributed by atoms with Gasteiger partial charge in [0.05, 0.1) is 0 Å². The summed E-state index contributed by atoms with van der Waals surface area (Å²) in [4.78, 5) is 11.9. The Labute approximate surface area is 103 Å². The molecular weight excluding hydrogens is 210 g/mol. The summed E-state index contributed by atoms with van der Waals surface area (Å²) in [6, 6.07) is 10.2. The highest BCUT2D eigenvalue weighted by molar-refractivity contribution is 5.97. The van der Waals surface area contributed by atoms with Crippen LogP contribution in [0.25, 0.3) is 0 Å². The number of Topliss-reactive ketones (excluding diaryl/α,β-unsaturated/α-hetero) is 1. The molecule has 0 radical (unpaired) electrons. The lowest BCUT2D eigenvalue weighted by atomic mass is 9.86. The first-order valence-electron chi connectivity index (χ1n) is 6.28. The van der Waals surface area contributed by atoms with Gasteiger partial charge < -0.3 is 5.32 Å². The molecule has 0 heterocycles. The Morgan fingerprint density at radius 2 is 2.12 bits per heavy atom. The summed E-state index contributed by atoms with van der Waals surface area (Å²) in [6.07, 6.45) is 5.00. The van der Waals surface area contributed by atoms with Gasteiger partial charge in [-0.15, -0.1) is 0 Å². The zero-order valence-electron chi connectivity index (χ0n) is 10.3. The van der Waals surface area contributed by atoms with Crippen LogP contribution in [0.5, 0.6) is 0 Å². The van der Waals surface area contributed by atoms with E-state index in [9.17, 15) is 4.79 Å². The Bertz CT molecular complexity index is 408. The molecule has 1 aliphatic rings. The maximum absolute atomic E-state index is 11.9. The van der Waals surface area contributed by atoms with Crippen LogP contribution in [0.15, 0.2) is 42.1 Å². The van der Waals surface area contributed by atoms with Gasteiger partial charge in [0.15, 0.2) is 5.78 Å². The van der Waals surface area contributed by atoms with Crippen LogP contribution in [0.1, 0.15) is 31.7 Å². The molecule has 2 nitrogen and oxygen atoms in total. The molecule has 1 N–H and O–H groups in total. The van der Waals surface area contributed by atoms with Crippen molar-refractivity contribution < 1.29 is 4.79 Å². The van der Waals surface area contributed by atoms with Crippen LogP contribution in [0.2, 0.25) is 0 Å². The summed E-state index contributed by atoms with van der Waals surface area (Å²) in [5.41, 5.74) is 2.19. The van der Waals surface area contributed by atoms with Crippen molar-refractivity contribution in [3.63, 3.8) is 0 Å². The molecule has 2 rings (SSSR count). The summed E-state index contributed by atoms with van der Waals surface area (Å²) in [5, 5.41) is 3.24. The maximum Gasteiger partial charge on any atom is 0.163 e. The molecule has 0 spiro atoms. The third-order valence-electron chi connectivity index (χ3n) is 3.27. The molecular formula is C15H19NO. The van der Waals surface area contributed by atoms with Crippen LogP contribution in [-0.4, -0.2) is 5.78 Å². The lowest BCUT2D eigenvalue weighted by Crippen LogP contribution is -2.20. The first kappa shape index (κ1) is 11.9. The van der Waals surface area contributed by atoms with E-state index in [0.717, 1.165) is 31.4 Å². The van der Waals surface area contributed by atoms with Gasteiger partial charge in [0.1, 0.15) is 0 Å². The summed E-state index contributed by atoms with van der Waals surface area (Å²) in [6.45, 7) is 2.80. The van der Waals surface area contributed by atoms with Crippen LogP contribution in [0, 0.1) is 5.92 Å². The number of ketones is 1. The van der Waals surface area contributed by atoms with E-state index >= 15 is 0 Å². The van der Waals surface area contributed by atoms with Crippen molar-refractivity contribution in [3.8, 4) is 0 Å². The second-order valence-corrected chi connectivity index (χ2v) is 4.69. The second-order valence-electron chi connectivity index (χ2n) is 4.69. The lowest BCUT2D eigenvalue weighted by Gasteiger charge is -2.19. The highest BCUT2D eigenvalue weighted by Gasteiger charge is 2.21. The quantitative estimate of drug-likeness (QED) is 0.807. The van der Waals surface area contributed by atoms with Gasteiger partial charge in [-0.25, -0.2) is 0 Å². The van der Waals surface area contributed by atoms with Crippen LogP contribution in [0.4, 0.5) is 0 Å². The van der Waals surface area contributed by atoms with Crippen molar-refractivity contribution in [1.29, 1.82) is 0 Å². The van der Waals surface area contributed by atoms with Crippen molar-refractivity contribution in [3.05, 3.63) is 47.7 Å². The Balaban J connectivity index is 1.90. The molecule has 1 saturated carbocycles. The molecule has 2 heteroatoms. The van der Waals surface area contributed by atoms with E-state index in [4.69, 9.17) is 0 Å². The number of carbonyl (C=O) groups is 1. The van der Waals surface area contributed by atoms with E-state index in [2.05, 4.69) is 17.4 Å². The molecule has 0 saturated heterocycles. The van der Waals surface area contributed by atoms with E-state index < -0.39 is 0 Å². The molecule has 1 unspecified atom stereocenters. The molecule has 17 heavy (non-hydrogen) atoms. The molecule has 0 aliphatic heterocycles. The molecule has 1 aromatic rings. The van der Waals surface area contributed by atoms with Gasteiger partial charge in [-0.3, -0.25) is 4.79 Å². The van der Waals surface area contributed by atoms with E-state index in [1.54, 1.807) is 0 Å². The number of hydrogen-bond acceptors (Lipinski definition) is 2. The maximum atomic E-state index is 11.9. The minimum absolute atomic E-state index is 0.202. The fraction of sp³-hybridized carbons (Fsp3) is 0.400. The van der Waals surface area contributed by atoms with E-state index in [1.165, 1.54) is 5.56 Å². The first-order chi connectivity index (χ1) is 8.27. The monoisotopic (exact) mass is 229 g/mol. The van der Waals surface area contributed by atoms with Crippen LogP contribution in [-0.2, 0) is 11.3 Å². The standard InChI is InChI=1S/C15H19NO/c1-12-6-5-9-14(15(12)17)11-16-10-13-7-3-2-4-8-13/h2-4,7-8,11-12,16H,5-6,9-10H2,1H3/b14-11+. The summed E-state index contributed by atoms with van der Waals surface area (Å²) < 4.78 is 0. The van der Waals surface area contributed by atoms with E-state index in [-0.39, 0.29) is 5.92 Å². The molecule has 90 valence electrons. The third kappa shape index (κ3) is 3.19. The minimum atomic E-state index is 0.202. The van der Waals surface area contributed by atoms with Crippen molar-refractivity contribution in [1.82, 2.24) is 5.32 Å². The number of hydrogen-bond donors (Lipinski definition) is 1. The number of allylic oxidation sites excluding steroid dienone is 1. The zero-order valence-corrected chi connectivity index (χ0v) is 10.3. The number of rotatable bonds is 3. The Hall–Kier alpha value is -1.57. The normalized spacial score (nSPS) is 22.8. The van der Waals surface area contributed by atoms with Crippen LogP contribution < -0.4 is 5.32 Å². The highest BCUT2D eigenvalue weighted by Crippen LogP contribution is 2.24. The predicted octanol–water partition coefficient (Wildman–Crippen LogP) is 3.05. The van der Waals surface area contributed by atoms with Crippen LogP contribution in [0.3, 0.4) is 0 Å². The van der Waals surface area contributed by atoms with Gasteiger partial charge in [0.25, 0.3) is 0 Å². The van der Waals surface area contributed by atoms with Gasteiger partial charge >= 0.3 is 0 Å². The van der Waals surface area contributed by atoms with Gasteiger partial charge in [0, 0.05) is 24.2 Å². The van der Waals surface area contributed by atoms with Crippen molar-refractivity contribution in [2.24, 2.45) is 5.92 Å². The Morgan fingerprint density at radius 3 is 2.88 bits per heavy atom. The molecule has 0 aromatic heterocycles. The number of nitrogens with one attached hydrogen (secondary N) is 1.